The van der Waals surface area contributed by atoms with Crippen molar-refractivity contribution in [2.45, 2.75) is 20.3 Å². The number of rotatable bonds is 8. The topological polar surface area (TPSA) is 76.1 Å². The van der Waals surface area contributed by atoms with Crippen LogP contribution in [-0.2, 0) is 19.1 Å². The fraction of sp³-hybridized carbons (Fsp3) is 0.467. The molecule has 6 nitrogen and oxygen atoms in total. The van der Waals surface area contributed by atoms with E-state index >= 15 is 0 Å². The lowest BCUT2D eigenvalue weighted by atomic mass is 10.3. The fourth-order valence-corrected chi connectivity index (χ4v) is 1.11. The van der Waals surface area contributed by atoms with Crippen LogP contribution in [0.25, 0.3) is 0 Å². The number of nitrogens with zero attached hydrogens (tertiary/aromatic N) is 1. The minimum atomic E-state index is -0.582. The van der Waals surface area contributed by atoms with Gasteiger partial charge in [0, 0.05) is 20.3 Å². The Morgan fingerprint density at radius 1 is 1.19 bits per heavy atom. The van der Waals surface area contributed by atoms with Crippen LogP contribution in [-0.4, -0.2) is 49.6 Å². The van der Waals surface area contributed by atoms with Gasteiger partial charge in [-0.2, -0.15) is 0 Å². The van der Waals surface area contributed by atoms with Gasteiger partial charge in [0.1, 0.15) is 5.57 Å². The molecule has 0 aromatic rings. The standard InChI is InChI=1S/C8H13NO3.C7H12O2/c1-4-12-8(11)7(6-10)5-9(2)3;1-4-9-7(3)5-6(2)8/h5-6H,4H2,1-3H3;8H,2-5H2,1H3/b7-5-;. The molecule has 0 aromatic carbocycles. The molecule has 6 heteroatoms. The van der Waals surface area contributed by atoms with E-state index in [1.165, 1.54) is 6.20 Å². The quantitative estimate of drug-likeness (QED) is 0.185. The Hall–Kier alpha value is -2.24. The number of carbonyl (C=O) groups excluding carboxylic acids is 2. The van der Waals surface area contributed by atoms with E-state index in [0.717, 1.165) is 0 Å². The van der Waals surface area contributed by atoms with Crippen molar-refractivity contribution in [2.24, 2.45) is 0 Å². The molecule has 0 radical (unpaired) electrons. The van der Waals surface area contributed by atoms with Gasteiger partial charge in [-0.15, -0.1) is 0 Å². The Morgan fingerprint density at radius 3 is 2.05 bits per heavy atom. The zero-order chi connectivity index (χ0) is 16.8. The summed E-state index contributed by atoms with van der Waals surface area (Å²) in [6, 6.07) is 0. The van der Waals surface area contributed by atoms with Gasteiger partial charge in [-0.1, -0.05) is 13.2 Å². The monoisotopic (exact) mass is 299 g/mol. The minimum absolute atomic E-state index is 0.0295. The van der Waals surface area contributed by atoms with Gasteiger partial charge in [0.2, 0.25) is 0 Å². The maximum Gasteiger partial charge on any atom is 0.342 e. The molecule has 0 amide bonds. The highest BCUT2D eigenvalue weighted by Crippen LogP contribution is 2.04. The number of aliphatic hydroxyl groups excluding tert-OH is 1. The van der Waals surface area contributed by atoms with Crippen LogP contribution in [0.1, 0.15) is 20.3 Å². The van der Waals surface area contributed by atoms with E-state index in [4.69, 9.17) is 9.84 Å². The second-order valence-electron chi connectivity index (χ2n) is 4.10. The van der Waals surface area contributed by atoms with Crippen LogP contribution in [0.2, 0.25) is 0 Å². The molecule has 0 fully saturated rings. The van der Waals surface area contributed by atoms with Crippen molar-refractivity contribution in [3.63, 3.8) is 0 Å². The number of hydrogen-bond acceptors (Lipinski definition) is 6. The fourth-order valence-electron chi connectivity index (χ4n) is 1.11. The summed E-state index contributed by atoms with van der Waals surface area (Å²) in [6.45, 7) is 11.3. The van der Waals surface area contributed by atoms with E-state index in [1.807, 2.05) is 6.92 Å². The number of ether oxygens (including phenoxy) is 2. The van der Waals surface area contributed by atoms with Crippen molar-refractivity contribution in [3.8, 4) is 0 Å². The Morgan fingerprint density at radius 2 is 1.71 bits per heavy atom. The van der Waals surface area contributed by atoms with Gasteiger partial charge >= 0.3 is 5.97 Å². The van der Waals surface area contributed by atoms with Gasteiger partial charge in [0.25, 0.3) is 0 Å². The molecule has 0 heterocycles. The number of aliphatic hydroxyl groups is 1. The predicted octanol–water partition coefficient (Wildman–Crippen LogP) is 2.19. The molecule has 0 saturated heterocycles. The molecule has 0 rings (SSSR count). The first kappa shape index (κ1) is 21.1. The van der Waals surface area contributed by atoms with Crippen molar-refractivity contribution in [1.82, 2.24) is 4.90 Å². The Labute approximate surface area is 126 Å². The second-order valence-corrected chi connectivity index (χ2v) is 4.10. The van der Waals surface area contributed by atoms with E-state index < -0.39 is 5.97 Å². The molecule has 0 bridgehead atoms. The summed E-state index contributed by atoms with van der Waals surface area (Å²) in [5, 5.41) is 8.61. The third kappa shape index (κ3) is 14.0. The first-order valence-electron chi connectivity index (χ1n) is 6.46. The lowest BCUT2D eigenvalue weighted by molar-refractivity contribution is -0.139. The molecule has 0 unspecified atom stereocenters. The molecule has 21 heavy (non-hydrogen) atoms. The lowest BCUT2D eigenvalue weighted by Gasteiger charge is -2.06. The summed E-state index contributed by atoms with van der Waals surface area (Å²) < 4.78 is 9.57. The van der Waals surface area contributed by atoms with Gasteiger partial charge in [-0.3, -0.25) is 4.79 Å². The Bertz CT molecular complexity index is 386. The van der Waals surface area contributed by atoms with Crippen LogP contribution in [0.15, 0.2) is 36.4 Å². The first-order valence-corrected chi connectivity index (χ1v) is 6.46. The highest BCUT2D eigenvalue weighted by molar-refractivity contribution is 6.07. The lowest BCUT2D eigenvalue weighted by Crippen LogP contribution is -2.13. The number of carbonyl (C=O) groups is 2. The third-order valence-electron chi connectivity index (χ3n) is 1.79. The van der Waals surface area contributed by atoms with E-state index in [1.54, 1.807) is 25.9 Å². The molecule has 0 aromatic heterocycles. The maximum absolute atomic E-state index is 11.0. The molecule has 0 saturated carbocycles. The SMILES string of the molecule is C=C(O)CC(=C)OCC.CCOC(=O)/C(C=O)=C\N(C)C. The minimum Gasteiger partial charge on any atom is -0.512 e. The van der Waals surface area contributed by atoms with Crippen LogP contribution >= 0.6 is 0 Å². The van der Waals surface area contributed by atoms with E-state index in [9.17, 15) is 9.59 Å². The molecular weight excluding hydrogens is 274 g/mol. The van der Waals surface area contributed by atoms with Crippen molar-refractivity contribution >= 4 is 12.3 Å². The zero-order valence-corrected chi connectivity index (χ0v) is 13.2. The summed E-state index contributed by atoms with van der Waals surface area (Å²) in [5.74, 6) is 0.0691. The van der Waals surface area contributed by atoms with Gasteiger partial charge in [0.05, 0.1) is 31.2 Å². The molecule has 1 N–H and O–H groups in total. The molecule has 0 aliphatic rings. The largest absolute Gasteiger partial charge is 0.512 e. The average Bonchev–Trinajstić information content (AvgIpc) is 2.36. The van der Waals surface area contributed by atoms with Crippen molar-refractivity contribution in [3.05, 3.63) is 36.4 Å². The van der Waals surface area contributed by atoms with Gasteiger partial charge < -0.3 is 19.5 Å². The first-order chi connectivity index (χ1) is 9.78. The summed E-state index contributed by atoms with van der Waals surface area (Å²) in [6.07, 6.45) is 2.25. The highest BCUT2D eigenvalue weighted by Gasteiger charge is 2.08. The third-order valence-corrected chi connectivity index (χ3v) is 1.79. The predicted molar refractivity (Wildman–Crippen MR) is 81.6 cm³/mol. The summed E-state index contributed by atoms with van der Waals surface area (Å²) in [7, 11) is 3.45. The number of aldehydes is 1. The van der Waals surface area contributed by atoms with Crippen LogP contribution in [0.4, 0.5) is 0 Å². The van der Waals surface area contributed by atoms with E-state index in [0.29, 0.717) is 25.1 Å². The average molecular weight is 299 g/mol. The highest BCUT2D eigenvalue weighted by atomic mass is 16.5. The normalized spacial score (nSPS) is 9.81. The molecular formula is C15H25NO5. The molecule has 0 spiro atoms. The summed E-state index contributed by atoms with van der Waals surface area (Å²) >= 11 is 0. The summed E-state index contributed by atoms with van der Waals surface area (Å²) in [5.41, 5.74) is 0.0295. The van der Waals surface area contributed by atoms with Crippen molar-refractivity contribution in [2.75, 3.05) is 27.3 Å². The van der Waals surface area contributed by atoms with Crippen LogP contribution < -0.4 is 0 Å². The molecule has 120 valence electrons. The van der Waals surface area contributed by atoms with Crippen LogP contribution in [0.5, 0.6) is 0 Å². The summed E-state index contributed by atoms with van der Waals surface area (Å²) in [4.78, 5) is 22.9. The smallest absolute Gasteiger partial charge is 0.342 e. The van der Waals surface area contributed by atoms with Crippen molar-refractivity contribution < 1.29 is 24.2 Å². The maximum atomic E-state index is 11.0. The molecule has 0 atom stereocenters. The van der Waals surface area contributed by atoms with E-state index in [-0.39, 0.29) is 17.9 Å². The van der Waals surface area contributed by atoms with Gasteiger partial charge in [-0.05, 0) is 13.8 Å². The van der Waals surface area contributed by atoms with Gasteiger partial charge in [0.15, 0.2) is 6.29 Å². The molecule has 0 aliphatic carbocycles. The zero-order valence-electron chi connectivity index (χ0n) is 13.2. The second kappa shape index (κ2) is 12.8. The van der Waals surface area contributed by atoms with Crippen molar-refractivity contribution in [1.29, 1.82) is 0 Å². The van der Waals surface area contributed by atoms with E-state index in [2.05, 4.69) is 17.9 Å². The van der Waals surface area contributed by atoms with Crippen LogP contribution in [0.3, 0.4) is 0 Å². The van der Waals surface area contributed by atoms with Crippen LogP contribution in [0, 0.1) is 0 Å². The Kier molecular flexibility index (Phi) is 12.8. The van der Waals surface area contributed by atoms with Gasteiger partial charge in [-0.25, -0.2) is 4.79 Å². The number of esters is 1. The number of hydrogen-bond donors (Lipinski definition) is 1. The molecule has 0 aliphatic heterocycles. The Balaban J connectivity index is 0.